The maximum Gasteiger partial charge on any atom is 0.241 e. The molecule has 1 aliphatic rings. The van der Waals surface area contributed by atoms with E-state index in [1.165, 1.54) is 35.6 Å². The van der Waals surface area contributed by atoms with Crippen molar-refractivity contribution in [2.24, 2.45) is 0 Å². The molecule has 1 aliphatic carbocycles. The van der Waals surface area contributed by atoms with E-state index in [9.17, 15) is 17.6 Å². The number of anilines is 1. The fourth-order valence-electron chi connectivity index (χ4n) is 2.89. The number of carbonyl (C=O) groups is 1. The molecule has 0 aromatic carbocycles. The molecule has 26 heavy (non-hydrogen) atoms. The van der Waals surface area contributed by atoms with Crippen LogP contribution in [0.4, 0.5) is 10.2 Å². The predicted molar refractivity (Wildman–Crippen MR) is 94.6 cm³/mol. The molecular weight excluding hydrogens is 359 g/mol. The largest absolute Gasteiger partial charge is 0.311 e. The lowest BCUT2D eigenvalue weighted by Gasteiger charge is -2.09. The van der Waals surface area contributed by atoms with E-state index in [1.54, 1.807) is 6.07 Å². The molecule has 1 N–H and O–H groups in total. The average molecular weight is 374 g/mol. The summed E-state index contributed by atoms with van der Waals surface area (Å²) in [6, 6.07) is 3.03. The van der Waals surface area contributed by atoms with E-state index in [-0.39, 0.29) is 22.5 Å². The van der Waals surface area contributed by atoms with Gasteiger partial charge in [-0.05, 0) is 25.0 Å². The molecule has 3 aromatic heterocycles. The molecule has 7 nitrogen and oxygen atoms in total. The highest BCUT2D eigenvalue weighted by Crippen LogP contribution is 2.35. The number of fused-ring (bicyclic) bond motifs is 1. The summed E-state index contributed by atoms with van der Waals surface area (Å²) < 4.78 is 40.7. The Morgan fingerprint density at radius 1 is 1.27 bits per heavy atom. The summed E-state index contributed by atoms with van der Waals surface area (Å²) in [4.78, 5) is 19.1. The van der Waals surface area contributed by atoms with Crippen LogP contribution < -0.4 is 5.32 Å². The number of amides is 1. The van der Waals surface area contributed by atoms with E-state index in [2.05, 4.69) is 15.3 Å². The highest BCUT2D eigenvalue weighted by molar-refractivity contribution is 7.91. The lowest BCUT2D eigenvalue weighted by molar-refractivity contribution is -0.114. The van der Waals surface area contributed by atoms with E-state index < -0.39 is 15.8 Å². The summed E-state index contributed by atoms with van der Waals surface area (Å²) in [7, 11) is -3.47. The third-order valence-electron chi connectivity index (χ3n) is 4.25. The summed E-state index contributed by atoms with van der Waals surface area (Å²) in [5, 5.41) is 2.69. The van der Waals surface area contributed by atoms with Gasteiger partial charge in [-0.2, -0.15) is 0 Å². The normalized spacial score (nSPS) is 14.5. The molecule has 0 unspecified atom stereocenters. The van der Waals surface area contributed by atoms with Crippen LogP contribution >= 0.6 is 0 Å². The Morgan fingerprint density at radius 2 is 2.04 bits per heavy atom. The molecule has 0 radical (unpaired) electrons. The topological polar surface area (TPSA) is 94.0 Å². The first kappa shape index (κ1) is 16.6. The molecule has 0 spiro atoms. The van der Waals surface area contributed by atoms with Crippen LogP contribution in [-0.2, 0) is 14.8 Å². The minimum absolute atomic E-state index is 0.184. The van der Waals surface area contributed by atoms with Crippen LogP contribution in [0.5, 0.6) is 0 Å². The number of nitrogens with one attached hydrogen (secondary N) is 1. The maximum absolute atomic E-state index is 14.4. The Morgan fingerprint density at radius 3 is 2.73 bits per heavy atom. The molecule has 1 fully saturated rings. The van der Waals surface area contributed by atoms with E-state index >= 15 is 0 Å². The maximum atomic E-state index is 14.4. The van der Waals surface area contributed by atoms with Gasteiger partial charge < -0.3 is 5.32 Å². The van der Waals surface area contributed by atoms with Gasteiger partial charge in [0.2, 0.25) is 15.9 Å². The Kier molecular flexibility index (Phi) is 3.76. The van der Waals surface area contributed by atoms with Crippen molar-refractivity contribution in [1.29, 1.82) is 0 Å². The van der Waals surface area contributed by atoms with Crippen molar-refractivity contribution in [3.63, 3.8) is 0 Å². The predicted octanol–water partition coefficient (Wildman–Crippen LogP) is 2.54. The number of nitrogens with zero attached hydrogens (tertiary/aromatic N) is 3. The Balaban J connectivity index is 1.88. The highest BCUT2D eigenvalue weighted by atomic mass is 32.2. The van der Waals surface area contributed by atoms with Crippen LogP contribution in [0.2, 0.25) is 0 Å². The average Bonchev–Trinajstić information content (AvgIpc) is 3.35. The standard InChI is InChI=1S/C17H15FN4O3S/c1-10(23)21-17-6-13(15(18)8-20-17)14-7-19-9-16-12(14)4-5-22(16)26(24,25)11-2-3-11/h4-9,11H,2-3H2,1H3,(H,20,21,23). The number of hydrogen-bond acceptors (Lipinski definition) is 5. The quantitative estimate of drug-likeness (QED) is 0.757. The molecule has 1 amide bonds. The van der Waals surface area contributed by atoms with Gasteiger partial charge in [-0.15, -0.1) is 0 Å². The molecule has 0 bridgehead atoms. The molecule has 134 valence electrons. The van der Waals surface area contributed by atoms with Crippen molar-refractivity contribution in [2.75, 3.05) is 5.32 Å². The van der Waals surface area contributed by atoms with E-state index in [0.717, 1.165) is 6.20 Å². The van der Waals surface area contributed by atoms with E-state index in [4.69, 9.17) is 0 Å². The lowest BCUT2D eigenvalue weighted by Crippen LogP contribution is -2.16. The van der Waals surface area contributed by atoms with Crippen LogP contribution in [0.25, 0.3) is 22.0 Å². The van der Waals surface area contributed by atoms with Crippen molar-refractivity contribution >= 4 is 32.7 Å². The van der Waals surface area contributed by atoms with Crippen molar-refractivity contribution in [2.45, 2.75) is 25.0 Å². The molecular formula is C17H15FN4O3S. The van der Waals surface area contributed by atoms with Crippen molar-refractivity contribution < 1.29 is 17.6 Å². The van der Waals surface area contributed by atoms with Gasteiger partial charge >= 0.3 is 0 Å². The van der Waals surface area contributed by atoms with Gasteiger partial charge in [0.25, 0.3) is 0 Å². The molecule has 0 aliphatic heterocycles. The summed E-state index contributed by atoms with van der Waals surface area (Å²) in [6.07, 6.45) is 6.69. The van der Waals surface area contributed by atoms with Crippen LogP contribution in [0.3, 0.4) is 0 Å². The van der Waals surface area contributed by atoms with Crippen LogP contribution in [0.15, 0.2) is 36.9 Å². The second kappa shape index (κ2) is 5.87. The van der Waals surface area contributed by atoms with E-state index in [0.29, 0.717) is 29.3 Å². The first-order valence-electron chi connectivity index (χ1n) is 8.01. The molecule has 3 heterocycles. The minimum atomic E-state index is -3.47. The first-order chi connectivity index (χ1) is 12.4. The number of hydrogen-bond donors (Lipinski definition) is 1. The second-order valence-electron chi connectivity index (χ2n) is 6.21. The lowest BCUT2D eigenvalue weighted by atomic mass is 10.0. The van der Waals surface area contributed by atoms with Gasteiger partial charge in [0.05, 0.1) is 23.2 Å². The van der Waals surface area contributed by atoms with Gasteiger partial charge in [-0.3, -0.25) is 9.78 Å². The zero-order chi connectivity index (χ0) is 18.5. The van der Waals surface area contributed by atoms with Gasteiger partial charge in [0.1, 0.15) is 11.6 Å². The van der Waals surface area contributed by atoms with Crippen LogP contribution in [0, 0.1) is 5.82 Å². The summed E-state index contributed by atoms with van der Waals surface area (Å²) in [5.74, 6) is -0.713. The van der Waals surface area contributed by atoms with Gasteiger partial charge in [-0.1, -0.05) is 0 Å². The summed E-state index contributed by atoms with van der Waals surface area (Å²) in [5.41, 5.74) is 1.01. The Bertz CT molecular complexity index is 1140. The fourth-order valence-corrected chi connectivity index (χ4v) is 4.59. The van der Waals surface area contributed by atoms with Gasteiger partial charge in [-0.25, -0.2) is 21.8 Å². The number of halogens is 1. The van der Waals surface area contributed by atoms with E-state index in [1.807, 2.05) is 0 Å². The number of rotatable bonds is 4. The smallest absolute Gasteiger partial charge is 0.241 e. The SMILES string of the molecule is CC(=O)Nc1cc(-c2cncc3c2ccn3S(=O)(=O)C2CC2)c(F)cn1. The monoisotopic (exact) mass is 374 g/mol. The molecule has 9 heteroatoms. The number of aromatic nitrogens is 3. The molecule has 4 rings (SSSR count). The highest BCUT2D eigenvalue weighted by Gasteiger charge is 2.37. The minimum Gasteiger partial charge on any atom is -0.311 e. The second-order valence-corrected chi connectivity index (χ2v) is 8.30. The van der Waals surface area contributed by atoms with Gasteiger partial charge in [0.15, 0.2) is 0 Å². The molecule has 0 atom stereocenters. The number of carbonyl (C=O) groups excluding carboxylic acids is 1. The van der Waals surface area contributed by atoms with Gasteiger partial charge in [0, 0.05) is 35.8 Å². The van der Waals surface area contributed by atoms with Crippen LogP contribution in [-0.4, -0.2) is 33.5 Å². The van der Waals surface area contributed by atoms with Crippen molar-refractivity contribution in [3.05, 3.63) is 42.7 Å². The number of pyridine rings is 2. The third-order valence-corrected chi connectivity index (χ3v) is 6.43. The van der Waals surface area contributed by atoms with Crippen LogP contribution in [0.1, 0.15) is 19.8 Å². The fraction of sp³-hybridized carbons (Fsp3) is 0.235. The Hall–Kier alpha value is -2.81. The molecule has 1 saturated carbocycles. The van der Waals surface area contributed by atoms with Crippen molar-refractivity contribution in [3.8, 4) is 11.1 Å². The first-order valence-corrected chi connectivity index (χ1v) is 9.51. The zero-order valence-electron chi connectivity index (χ0n) is 13.8. The third kappa shape index (κ3) is 2.74. The summed E-state index contributed by atoms with van der Waals surface area (Å²) >= 11 is 0. The zero-order valence-corrected chi connectivity index (χ0v) is 14.6. The Labute approximate surface area is 148 Å². The molecule has 0 saturated heterocycles. The summed E-state index contributed by atoms with van der Waals surface area (Å²) in [6.45, 7) is 1.33. The molecule has 3 aromatic rings. The van der Waals surface area contributed by atoms with Crippen molar-refractivity contribution in [1.82, 2.24) is 13.9 Å².